The lowest BCUT2D eigenvalue weighted by atomic mass is 9.85. The van der Waals surface area contributed by atoms with Gasteiger partial charge in [0.15, 0.2) is 0 Å². The zero-order valence-electron chi connectivity index (χ0n) is 16.7. The van der Waals surface area contributed by atoms with Crippen LogP contribution < -0.4 is 0 Å². The summed E-state index contributed by atoms with van der Waals surface area (Å²) >= 11 is 0. The summed E-state index contributed by atoms with van der Waals surface area (Å²) in [5, 5.41) is 31.4. The summed E-state index contributed by atoms with van der Waals surface area (Å²) in [6.45, 7) is 5.69. The van der Waals surface area contributed by atoms with Crippen LogP contribution in [0, 0.1) is 26.7 Å². The Balaban J connectivity index is 1.94. The van der Waals surface area contributed by atoms with E-state index in [0.717, 1.165) is 33.4 Å². The molecule has 0 fully saturated rings. The summed E-state index contributed by atoms with van der Waals surface area (Å²) in [5.41, 5.74) is 5.24. The average molecular weight is 376 g/mol. The van der Waals surface area contributed by atoms with Gasteiger partial charge in [-0.15, -0.1) is 0 Å². The fraction of sp³-hybridized carbons (Fsp3) is 0.280. The Labute approximate surface area is 166 Å². The lowest BCUT2D eigenvalue weighted by molar-refractivity contribution is 0.427. The Morgan fingerprint density at radius 3 is 1.11 bits per heavy atom. The van der Waals surface area contributed by atoms with E-state index in [1.807, 2.05) is 75.4 Å². The van der Waals surface area contributed by atoms with Crippen molar-refractivity contribution in [3.63, 3.8) is 0 Å². The zero-order chi connectivity index (χ0) is 20.3. The fourth-order valence-electron chi connectivity index (χ4n) is 3.80. The van der Waals surface area contributed by atoms with Gasteiger partial charge in [0.25, 0.3) is 0 Å². The van der Waals surface area contributed by atoms with Crippen LogP contribution in [-0.2, 0) is 19.3 Å². The van der Waals surface area contributed by atoms with Crippen molar-refractivity contribution in [2.75, 3.05) is 0 Å². The second-order valence-electron chi connectivity index (χ2n) is 7.73. The quantitative estimate of drug-likeness (QED) is 0.542. The summed E-state index contributed by atoms with van der Waals surface area (Å²) in [5.74, 6) is 1.10. The molecule has 0 aliphatic rings. The Bertz CT molecular complexity index is 848. The largest absolute Gasteiger partial charge is 0.507 e. The van der Waals surface area contributed by atoms with E-state index >= 15 is 0 Å². The van der Waals surface area contributed by atoms with Crippen molar-refractivity contribution >= 4 is 0 Å². The van der Waals surface area contributed by atoms with Gasteiger partial charge in [0.2, 0.25) is 0 Å². The number of para-hydroxylation sites is 3. The Morgan fingerprint density at radius 1 is 0.536 bits per heavy atom. The summed E-state index contributed by atoms with van der Waals surface area (Å²) in [4.78, 5) is 0. The first-order valence-corrected chi connectivity index (χ1v) is 9.69. The van der Waals surface area contributed by atoms with Crippen molar-refractivity contribution in [2.24, 2.45) is 5.92 Å². The van der Waals surface area contributed by atoms with Crippen molar-refractivity contribution in [1.82, 2.24) is 0 Å². The van der Waals surface area contributed by atoms with E-state index < -0.39 is 0 Å². The van der Waals surface area contributed by atoms with Gasteiger partial charge in [0.05, 0.1) is 0 Å². The third-order valence-electron chi connectivity index (χ3n) is 5.49. The minimum absolute atomic E-state index is 0.119. The first-order chi connectivity index (χ1) is 13.4. The second kappa shape index (κ2) is 8.39. The van der Waals surface area contributed by atoms with Crippen LogP contribution in [0.2, 0.25) is 0 Å². The van der Waals surface area contributed by atoms with E-state index in [4.69, 9.17) is 0 Å². The molecule has 0 bridgehead atoms. The Kier molecular flexibility index (Phi) is 5.93. The first kappa shape index (κ1) is 19.8. The lowest BCUT2D eigenvalue weighted by Crippen LogP contribution is -2.13. The maximum atomic E-state index is 10.5. The number of hydrogen-bond acceptors (Lipinski definition) is 3. The van der Waals surface area contributed by atoms with Crippen LogP contribution in [0.5, 0.6) is 17.2 Å². The number of aromatic hydroxyl groups is 3. The zero-order valence-corrected chi connectivity index (χ0v) is 16.7. The van der Waals surface area contributed by atoms with E-state index in [0.29, 0.717) is 36.5 Å². The van der Waals surface area contributed by atoms with Crippen molar-refractivity contribution in [1.29, 1.82) is 0 Å². The number of rotatable bonds is 6. The van der Waals surface area contributed by atoms with Crippen molar-refractivity contribution < 1.29 is 15.3 Å². The minimum atomic E-state index is 0.119. The molecule has 3 N–H and O–H groups in total. The van der Waals surface area contributed by atoms with E-state index in [9.17, 15) is 15.3 Å². The molecule has 3 heteroatoms. The van der Waals surface area contributed by atoms with Gasteiger partial charge in [0, 0.05) is 0 Å². The summed E-state index contributed by atoms with van der Waals surface area (Å²) in [6.07, 6.45) is 1.98. The number of aryl methyl sites for hydroxylation is 3. The highest BCUT2D eigenvalue weighted by molar-refractivity contribution is 5.43. The molecule has 0 unspecified atom stereocenters. The molecule has 0 saturated heterocycles. The number of phenolic OH excluding ortho intramolecular Hbond substituents is 3. The second-order valence-corrected chi connectivity index (χ2v) is 7.73. The standard InChI is InChI=1S/C25H28O3/c1-16-7-4-10-20(23(16)26)13-19(14-21-11-5-8-17(2)24(21)27)15-22-12-6-9-18(3)25(22)28/h4-12,19,26-28H,13-15H2,1-3H3. The Hall–Kier alpha value is -2.94. The van der Waals surface area contributed by atoms with E-state index in [1.54, 1.807) is 0 Å². The molecule has 0 aliphatic heterocycles. The molecule has 0 heterocycles. The van der Waals surface area contributed by atoms with E-state index in [1.165, 1.54) is 0 Å². The Morgan fingerprint density at radius 2 is 0.821 bits per heavy atom. The molecular weight excluding hydrogens is 348 g/mol. The van der Waals surface area contributed by atoms with E-state index in [2.05, 4.69) is 0 Å². The third-order valence-corrected chi connectivity index (χ3v) is 5.49. The molecule has 146 valence electrons. The molecule has 0 aliphatic carbocycles. The molecule has 0 amide bonds. The van der Waals surface area contributed by atoms with Gasteiger partial charge >= 0.3 is 0 Å². The van der Waals surface area contributed by atoms with E-state index in [-0.39, 0.29) is 5.92 Å². The monoisotopic (exact) mass is 376 g/mol. The topological polar surface area (TPSA) is 60.7 Å². The van der Waals surface area contributed by atoms with Crippen LogP contribution >= 0.6 is 0 Å². The van der Waals surface area contributed by atoms with Crippen molar-refractivity contribution in [3.8, 4) is 17.2 Å². The number of hydrogen-bond donors (Lipinski definition) is 3. The molecule has 3 aromatic carbocycles. The van der Waals surface area contributed by atoms with Gasteiger partial charge < -0.3 is 15.3 Å². The maximum absolute atomic E-state index is 10.5. The summed E-state index contributed by atoms with van der Waals surface area (Å²) in [7, 11) is 0. The number of benzene rings is 3. The highest BCUT2D eigenvalue weighted by atomic mass is 16.3. The minimum Gasteiger partial charge on any atom is -0.507 e. The molecule has 0 spiro atoms. The highest BCUT2D eigenvalue weighted by Gasteiger charge is 2.19. The summed E-state index contributed by atoms with van der Waals surface area (Å²) in [6, 6.07) is 17.4. The van der Waals surface area contributed by atoms with Gasteiger partial charge in [-0.3, -0.25) is 0 Å². The predicted molar refractivity (Wildman–Crippen MR) is 113 cm³/mol. The third kappa shape index (κ3) is 4.30. The van der Waals surface area contributed by atoms with Crippen LogP contribution in [-0.4, -0.2) is 15.3 Å². The van der Waals surface area contributed by atoms with Crippen LogP contribution in [0.15, 0.2) is 54.6 Å². The van der Waals surface area contributed by atoms with Gasteiger partial charge in [-0.25, -0.2) is 0 Å². The van der Waals surface area contributed by atoms with Crippen LogP contribution in [0.3, 0.4) is 0 Å². The molecule has 0 radical (unpaired) electrons. The average Bonchev–Trinajstić information content (AvgIpc) is 2.66. The van der Waals surface area contributed by atoms with Gasteiger partial charge in [-0.1, -0.05) is 54.6 Å². The molecule has 28 heavy (non-hydrogen) atoms. The molecule has 0 saturated carbocycles. The predicted octanol–water partition coefficient (Wildman–Crippen LogP) is 5.37. The SMILES string of the molecule is Cc1cccc(CC(Cc2cccc(C)c2O)Cc2cccc(C)c2O)c1O. The highest BCUT2D eigenvalue weighted by Crippen LogP contribution is 2.32. The fourth-order valence-corrected chi connectivity index (χ4v) is 3.80. The molecule has 3 aromatic rings. The van der Waals surface area contributed by atoms with Gasteiger partial charge in [0.1, 0.15) is 17.2 Å². The smallest absolute Gasteiger partial charge is 0.121 e. The molecular formula is C25H28O3. The molecule has 3 rings (SSSR count). The molecule has 3 nitrogen and oxygen atoms in total. The molecule has 0 atom stereocenters. The first-order valence-electron chi connectivity index (χ1n) is 9.69. The van der Waals surface area contributed by atoms with Crippen LogP contribution in [0.25, 0.3) is 0 Å². The molecule has 0 aromatic heterocycles. The van der Waals surface area contributed by atoms with Crippen LogP contribution in [0.1, 0.15) is 33.4 Å². The normalized spacial score (nSPS) is 11.1. The van der Waals surface area contributed by atoms with Crippen molar-refractivity contribution in [3.05, 3.63) is 88.0 Å². The van der Waals surface area contributed by atoms with Gasteiger partial charge in [-0.2, -0.15) is 0 Å². The number of phenols is 3. The van der Waals surface area contributed by atoms with Crippen molar-refractivity contribution in [2.45, 2.75) is 40.0 Å². The lowest BCUT2D eigenvalue weighted by Gasteiger charge is -2.20. The van der Waals surface area contributed by atoms with Crippen LogP contribution in [0.4, 0.5) is 0 Å². The summed E-state index contributed by atoms with van der Waals surface area (Å²) < 4.78 is 0. The van der Waals surface area contributed by atoms with Gasteiger partial charge in [-0.05, 0) is 79.3 Å². The maximum Gasteiger partial charge on any atom is 0.121 e.